The number of carbonyl (C=O) groups excluding carboxylic acids is 1. The molecule has 0 spiro atoms. The summed E-state index contributed by atoms with van der Waals surface area (Å²) in [4.78, 5) is 22.5. The molecule has 0 atom stereocenters. The first-order valence-corrected chi connectivity index (χ1v) is 8.70. The lowest BCUT2D eigenvalue weighted by atomic mass is 9.98. The van der Waals surface area contributed by atoms with E-state index in [1.807, 2.05) is 18.3 Å². The van der Waals surface area contributed by atoms with Gasteiger partial charge in [-0.1, -0.05) is 11.3 Å². The maximum atomic E-state index is 12.2. The Kier molecular flexibility index (Phi) is 4.07. The number of pyridine rings is 1. The van der Waals surface area contributed by atoms with E-state index >= 15 is 0 Å². The van der Waals surface area contributed by atoms with Gasteiger partial charge in [-0.2, -0.15) is 0 Å². The molecule has 1 aliphatic carbocycles. The van der Waals surface area contributed by atoms with Crippen LogP contribution in [0.3, 0.4) is 0 Å². The van der Waals surface area contributed by atoms with E-state index in [-0.39, 0.29) is 5.91 Å². The van der Waals surface area contributed by atoms with Gasteiger partial charge < -0.3 is 4.74 Å². The van der Waals surface area contributed by atoms with Gasteiger partial charge in [0.15, 0.2) is 0 Å². The number of hydrogen-bond acceptors (Lipinski definition) is 6. The van der Waals surface area contributed by atoms with Gasteiger partial charge in [0.2, 0.25) is 5.13 Å². The molecule has 0 radical (unpaired) electrons. The van der Waals surface area contributed by atoms with Crippen molar-refractivity contribution in [2.45, 2.75) is 12.8 Å². The second-order valence-electron chi connectivity index (χ2n) is 5.60. The number of nitrogens with one attached hydrogen (secondary N) is 2. The minimum Gasteiger partial charge on any atom is -0.497 e. The van der Waals surface area contributed by atoms with Crippen molar-refractivity contribution in [1.82, 2.24) is 15.4 Å². The number of hydrazine groups is 1. The van der Waals surface area contributed by atoms with Gasteiger partial charge in [0.1, 0.15) is 5.75 Å². The molecule has 2 heterocycles. The predicted octanol–water partition coefficient (Wildman–Crippen LogP) is 3.07. The van der Waals surface area contributed by atoms with Crippen LogP contribution in [-0.4, -0.2) is 23.0 Å². The number of anilines is 1. The Bertz CT molecular complexity index is 921. The zero-order valence-electron chi connectivity index (χ0n) is 13.6. The number of benzene rings is 1. The van der Waals surface area contributed by atoms with Gasteiger partial charge in [-0.05, 0) is 49.2 Å². The number of aromatic nitrogens is 2. The highest BCUT2D eigenvalue weighted by molar-refractivity contribution is 7.16. The topological polar surface area (TPSA) is 76.1 Å². The monoisotopic (exact) mass is 352 g/mol. The largest absolute Gasteiger partial charge is 0.497 e. The zero-order valence-corrected chi connectivity index (χ0v) is 14.4. The molecule has 3 aromatic rings. The van der Waals surface area contributed by atoms with Crippen molar-refractivity contribution in [3.63, 3.8) is 0 Å². The minimum absolute atomic E-state index is 0.224. The van der Waals surface area contributed by atoms with Crippen LogP contribution in [0.4, 0.5) is 5.13 Å². The van der Waals surface area contributed by atoms with Crippen molar-refractivity contribution in [3.8, 4) is 17.0 Å². The third kappa shape index (κ3) is 3.06. The van der Waals surface area contributed by atoms with E-state index in [4.69, 9.17) is 4.74 Å². The van der Waals surface area contributed by atoms with Crippen molar-refractivity contribution in [1.29, 1.82) is 0 Å². The molecule has 1 aliphatic rings. The second kappa shape index (κ2) is 6.52. The summed E-state index contributed by atoms with van der Waals surface area (Å²) >= 11 is 1.56. The van der Waals surface area contributed by atoms with Crippen molar-refractivity contribution in [2.75, 3.05) is 12.5 Å². The van der Waals surface area contributed by atoms with Crippen LogP contribution in [-0.2, 0) is 12.8 Å². The molecule has 0 bridgehead atoms. The lowest BCUT2D eigenvalue weighted by Crippen LogP contribution is -2.29. The predicted molar refractivity (Wildman–Crippen MR) is 96.8 cm³/mol. The lowest BCUT2D eigenvalue weighted by Gasteiger charge is -2.12. The maximum absolute atomic E-state index is 12.2. The molecule has 2 aromatic heterocycles. The number of fused-ring (bicyclic) bond motifs is 3. The smallest absolute Gasteiger partial charge is 0.269 e. The molecule has 7 heteroatoms. The molecule has 1 amide bonds. The highest BCUT2D eigenvalue weighted by atomic mass is 32.1. The van der Waals surface area contributed by atoms with Crippen LogP contribution in [0.1, 0.15) is 20.9 Å². The van der Waals surface area contributed by atoms with Crippen LogP contribution in [0.2, 0.25) is 0 Å². The Labute approximate surface area is 148 Å². The van der Waals surface area contributed by atoms with Crippen molar-refractivity contribution in [2.24, 2.45) is 0 Å². The van der Waals surface area contributed by atoms with Gasteiger partial charge in [0, 0.05) is 22.2 Å². The van der Waals surface area contributed by atoms with E-state index in [1.165, 1.54) is 4.88 Å². The molecule has 2 N–H and O–H groups in total. The van der Waals surface area contributed by atoms with Gasteiger partial charge >= 0.3 is 0 Å². The first-order valence-electron chi connectivity index (χ1n) is 7.89. The van der Waals surface area contributed by atoms with E-state index in [0.717, 1.165) is 29.8 Å². The number of amides is 1. The lowest BCUT2D eigenvalue weighted by molar-refractivity contribution is 0.0962. The Hall–Kier alpha value is -2.93. The fourth-order valence-corrected chi connectivity index (χ4v) is 3.72. The number of hydrogen-bond donors (Lipinski definition) is 2. The zero-order chi connectivity index (χ0) is 17.2. The summed E-state index contributed by atoms with van der Waals surface area (Å²) in [6.07, 6.45) is 3.65. The fraction of sp³-hybridized carbons (Fsp3) is 0.167. The quantitative estimate of drug-likeness (QED) is 0.706. The Balaban J connectivity index is 1.47. The normalized spacial score (nSPS) is 12.0. The van der Waals surface area contributed by atoms with Crippen molar-refractivity contribution < 1.29 is 9.53 Å². The van der Waals surface area contributed by atoms with Crippen LogP contribution < -0.4 is 15.6 Å². The van der Waals surface area contributed by atoms with Crippen LogP contribution in [0.25, 0.3) is 11.3 Å². The van der Waals surface area contributed by atoms with Crippen molar-refractivity contribution >= 4 is 22.4 Å². The number of ether oxygens (including phenoxy) is 1. The number of rotatable bonds is 4. The first kappa shape index (κ1) is 15.6. The number of nitrogens with zero attached hydrogens (tertiary/aromatic N) is 2. The molecule has 25 heavy (non-hydrogen) atoms. The molecule has 4 rings (SSSR count). The SMILES string of the molecule is COc1ccc(C(=O)NNc2nc3c(s2)CCc2ncccc2-3)cc1. The molecule has 6 nitrogen and oxygen atoms in total. The maximum Gasteiger partial charge on any atom is 0.269 e. The van der Waals surface area contributed by atoms with E-state index < -0.39 is 0 Å². The third-order valence-electron chi connectivity index (χ3n) is 4.07. The molecule has 0 saturated carbocycles. The van der Waals surface area contributed by atoms with Crippen LogP contribution >= 0.6 is 11.3 Å². The number of aryl methyl sites for hydroxylation is 2. The van der Waals surface area contributed by atoms with Crippen molar-refractivity contribution in [3.05, 3.63) is 58.7 Å². The highest BCUT2D eigenvalue weighted by Gasteiger charge is 2.21. The van der Waals surface area contributed by atoms with Crippen LogP contribution in [0.5, 0.6) is 5.75 Å². The van der Waals surface area contributed by atoms with E-state index in [0.29, 0.717) is 16.4 Å². The molecule has 126 valence electrons. The van der Waals surface area contributed by atoms with Gasteiger partial charge in [0.25, 0.3) is 5.91 Å². The minimum atomic E-state index is -0.224. The van der Waals surface area contributed by atoms with Crippen LogP contribution in [0.15, 0.2) is 42.6 Å². The van der Waals surface area contributed by atoms with Gasteiger partial charge in [-0.15, -0.1) is 0 Å². The fourth-order valence-electron chi connectivity index (χ4n) is 2.79. The average Bonchev–Trinajstić information content (AvgIpc) is 3.10. The average molecular weight is 352 g/mol. The molecular weight excluding hydrogens is 336 g/mol. The summed E-state index contributed by atoms with van der Waals surface area (Å²) in [5.41, 5.74) is 9.26. The van der Waals surface area contributed by atoms with Crippen LogP contribution in [0, 0.1) is 0 Å². The molecule has 0 fully saturated rings. The Morgan fingerprint density at radius 2 is 2.04 bits per heavy atom. The molecule has 0 saturated heterocycles. The number of carbonyl (C=O) groups is 1. The van der Waals surface area contributed by atoms with Gasteiger partial charge in [-0.3, -0.25) is 20.6 Å². The number of methoxy groups -OCH3 is 1. The molecule has 0 unspecified atom stereocenters. The standard InChI is InChI=1S/C18H16N4O2S/c1-24-12-6-4-11(5-7-12)17(23)21-22-18-20-16-13-3-2-10-19-14(13)8-9-15(16)25-18/h2-7,10H,8-9H2,1H3,(H,20,22)(H,21,23). The number of thiazole rings is 1. The summed E-state index contributed by atoms with van der Waals surface area (Å²) in [7, 11) is 1.59. The highest BCUT2D eigenvalue weighted by Crippen LogP contribution is 2.36. The summed E-state index contributed by atoms with van der Waals surface area (Å²) in [6.45, 7) is 0. The summed E-state index contributed by atoms with van der Waals surface area (Å²) in [5.74, 6) is 0.488. The Morgan fingerprint density at radius 3 is 2.84 bits per heavy atom. The Morgan fingerprint density at radius 1 is 1.20 bits per heavy atom. The second-order valence-corrected chi connectivity index (χ2v) is 6.68. The third-order valence-corrected chi connectivity index (χ3v) is 5.10. The molecule has 1 aromatic carbocycles. The summed E-state index contributed by atoms with van der Waals surface area (Å²) < 4.78 is 5.09. The summed E-state index contributed by atoms with van der Waals surface area (Å²) in [6, 6.07) is 10.9. The first-order chi connectivity index (χ1) is 12.2. The molecule has 0 aliphatic heterocycles. The summed E-state index contributed by atoms with van der Waals surface area (Å²) in [5, 5.41) is 0.670. The van der Waals surface area contributed by atoms with E-state index in [1.54, 1.807) is 42.7 Å². The van der Waals surface area contributed by atoms with Gasteiger partial charge in [0.05, 0.1) is 18.5 Å². The van der Waals surface area contributed by atoms with Gasteiger partial charge in [-0.25, -0.2) is 4.98 Å². The van der Waals surface area contributed by atoms with E-state index in [9.17, 15) is 4.79 Å². The van der Waals surface area contributed by atoms with E-state index in [2.05, 4.69) is 20.8 Å². The molecular formula is C18H16N4O2S.